The second-order valence-corrected chi connectivity index (χ2v) is 4.67. The fourth-order valence-electron chi connectivity index (χ4n) is 2.34. The van der Waals surface area contributed by atoms with E-state index in [9.17, 15) is 10.1 Å². The predicted octanol–water partition coefficient (Wildman–Crippen LogP) is 2.25. The highest BCUT2D eigenvalue weighted by atomic mass is 16.6. The first-order valence-corrected chi connectivity index (χ1v) is 6.18. The molecular formula is C13H18N2O3. The van der Waals surface area contributed by atoms with Gasteiger partial charge in [0.15, 0.2) is 0 Å². The molecule has 0 amide bonds. The molecule has 0 bridgehead atoms. The van der Waals surface area contributed by atoms with Gasteiger partial charge in [-0.15, -0.1) is 0 Å². The summed E-state index contributed by atoms with van der Waals surface area (Å²) in [6.07, 6.45) is 3.66. The van der Waals surface area contributed by atoms with Crippen LogP contribution in [0.25, 0.3) is 0 Å². The van der Waals surface area contributed by atoms with E-state index in [4.69, 9.17) is 4.74 Å². The zero-order chi connectivity index (χ0) is 13.0. The number of methoxy groups -OCH3 is 1. The average Bonchev–Trinajstić information content (AvgIpc) is 2.85. The van der Waals surface area contributed by atoms with Crippen LogP contribution in [-0.2, 0) is 11.3 Å². The maximum absolute atomic E-state index is 10.5. The van der Waals surface area contributed by atoms with Crippen molar-refractivity contribution < 1.29 is 9.66 Å². The van der Waals surface area contributed by atoms with Gasteiger partial charge in [0.1, 0.15) is 0 Å². The fraction of sp³-hybridized carbons (Fsp3) is 0.538. The first-order chi connectivity index (χ1) is 8.69. The van der Waals surface area contributed by atoms with Gasteiger partial charge in [-0.25, -0.2) is 0 Å². The van der Waals surface area contributed by atoms with Crippen LogP contribution in [0.3, 0.4) is 0 Å². The molecule has 0 radical (unpaired) electrons. The quantitative estimate of drug-likeness (QED) is 0.643. The third-order valence-electron chi connectivity index (χ3n) is 3.46. The molecule has 1 aliphatic carbocycles. The van der Waals surface area contributed by atoms with Gasteiger partial charge in [0.05, 0.1) is 11.0 Å². The molecule has 0 aromatic heterocycles. The minimum absolute atomic E-state index is 0.138. The van der Waals surface area contributed by atoms with E-state index in [1.807, 2.05) is 0 Å². The Labute approximate surface area is 106 Å². The molecule has 0 heterocycles. The van der Waals surface area contributed by atoms with E-state index in [0.29, 0.717) is 12.1 Å². The minimum atomic E-state index is -0.378. The van der Waals surface area contributed by atoms with Crippen LogP contribution >= 0.6 is 0 Å². The van der Waals surface area contributed by atoms with Crippen molar-refractivity contribution in [3.63, 3.8) is 0 Å². The van der Waals surface area contributed by atoms with Gasteiger partial charge >= 0.3 is 0 Å². The lowest BCUT2D eigenvalue weighted by atomic mass is 10.2. The molecule has 1 aromatic rings. The minimum Gasteiger partial charge on any atom is -0.381 e. The SMILES string of the molecule is COC1CCC(NCc2ccc([N+](=O)[O-])cc2)C1. The molecule has 1 aromatic carbocycles. The van der Waals surface area contributed by atoms with Crippen molar-refractivity contribution in [3.8, 4) is 0 Å². The molecule has 1 fully saturated rings. The zero-order valence-corrected chi connectivity index (χ0v) is 10.5. The Balaban J connectivity index is 1.82. The maximum atomic E-state index is 10.5. The van der Waals surface area contributed by atoms with Crippen molar-refractivity contribution in [1.82, 2.24) is 5.32 Å². The molecule has 5 heteroatoms. The molecule has 5 nitrogen and oxygen atoms in total. The van der Waals surface area contributed by atoms with Gasteiger partial charge in [-0.1, -0.05) is 12.1 Å². The van der Waals surface area contributed by atoms with Crippen molar-refractivity contribution in [2.24, 2.45) is 0 Å². The molecule has 18 heavy (non-hydrogen) atoms. The van der Waals surface area contributed by atoms with E-state index >= 15 is 0 Å². The van der Waals surface area contributed by atoms with Crippen LogP contribution in [0.4, 0.5) is 5.69 Å². The van der Waals surface area contributed by atoms with Gasteiger partial charge in [0, 0.05) is 31.8 Å². The summed E-state index contributed by atoms with van der Waals surface area (Å²) in [4.78, 5) is 10.1. The molecule has 1 aliphatic rings. The monoisotopic (exact) mass is 250 g/mol. The van der Waals surface area contributed by atoms with Crippen molar-refractivity contribution in [1.29, 1.82) is 0 Å². The molecule has 2 unspecified atom stereocenters. The van der Waals surface area contributed by atoms with E-state index in [2.05, 4.69) is 5.32 Å². The van der Waals surface area contributed by atoms with Gasteiger partial charge in [-0.05, 0) is 24.8 Å². The topological polar surface area (TPSA) is 64.4 Å². The fourth-order valence-corrected chi connectivity index (χ4v) is 2.34. The maximum Gasteiger partial charge on any atom is 0.269 e. The van der Waals surface area contributed by atoms with E-state index in [1.165, 1.54) is 0 Å². The lowest BCUT2D eigenvalue weighted by Crippen LogP contribution is -2.26. The Morgan fingerprint density at radius 3 is 2.67 bits per heavy atom. The largest absolute Gasteiger partial charge is 0.381 e. The van der Waals surface area contributed by atoms with Crippen LogP contribution in [0.5, 0.6) is 0 Å². The van der Waals surface area contributed by atoms with Crippen molar-refractivity contribution in [2.45, 2.75) is 38.0 Å². The standard InChI is InChI=1S/C13H18N2O3/c1-18-13-7-4-11(8-13)14-9-10-2-5-12(6-3-10)15(16)17/h2-3,5-6,11,13-14H,4,7-9H2,1H3. The number of hydrogen-bond acceptors (Lipinski definition) is 4. The average molecular weight is 250 g/mol. The van der Waals surface area contributed by atoms with E-state index in [-0.39, 0.29) is 10.6 Å². The number of rotatable bonds is 5. The second-order valence-electron chi connectivity index (χ2n) is 4.67. The summed E-state index contributed by atoms with van der Waals surface area (Å²) in [5.74, 6) is 0. The zero-order valence-electron chi connectivity index (χ0n) is 10.5. The number of nitro groups is 1. The molecular weight excluding hydrogens is 232 g/mol. The number of nitro benzene ring substituents is 1. The molecule has 1 N–H and O–H groups in total. The summed E-state index contributed by atoms with van der Waals surface area (Å²) in [7, 11) is 1.75. The molecule has 1 saturated carbocycles. The highest BCUT2D eigenvalue weighted by Crippen LogP contribution is 2.21. The van der Waals surface area contributed by atoms with Gasteiger partial charge in [0.2, 0.25) is 0 Å². The third-order valence-corrected chi connectivity index (χ3v) is 3.46. The van der Waals surface area contributed by atoms with Crippen LogP contribution in [0.15, 0.2) is 24.3 Å². The smallest absolute Gasteiger partial charge is 0.269 e. The summed E-state index contributed by atoms with van der Waals surface area (Å²) in [6.45, 7) is 0.749. The summed E-state index contributed by atoms with van der Waals surface area (Å²) < 4.78 is 5.32. The van der Waals surface area contributed by atoms with Gasteiger partial charge in [-0.3, -0.25) is 10.1 Å². The van der Waals surface area contributed by atoms with Crippen LogP contribution in [0.2, 0.25) is 0 Å². The van der Waals surface area contributed by atoms with Crippen molar-refractivity contribution in [3.05, 3.63) is 39.9 Å². The molecule has 0 saturated heterocycles. The van der Waals surface area contributed by atoms with E-state index in [1.54, 1.807) is 31.4 Å². The number of ether oxygens (including phenoxy) is 1. The van der Waals surface area contributed by atoms with Crippen LogP contribution in [0.1, 0.15) is 24.8 Å². The molecule has 2 atom stereocenters. The van der Waals surface area contributed by atoms with Crippen LogP contribution in [-0.4, -0.2) is 24.2 Å². The molecule has 0 spiro atoms. The Kier molecular flexibility index (Phi) is 4.28. The van der Waals surface area contributed by atoms with Crippen LogP contribution < -0.4 is 5.32 Å². The lowest BCUT2D eigenvalue weighted by Gasteiger charge is -2.12. The molecule has 98 valence electrons. The predicted molar refractivity (Wildman–Crippen MR) is 68.4 cm³/mol. The summed E-state index contributed by atoms with van der Waals surface area (Å²) in [5.41, 5.74) is 1.21. The Hall–Kier alpha value is -1.46. The number of nitrogens with zero attached hydrogens (tertiary/aromatic N) is 1. The normalized spacial score (nSPS) is 23.2. The van der Waals surface area contributed by atoms with Crippen LogP contribution in [0, 0.1) is 10.1 Å². The Morgan fingerprint density at radius 2 is 2.11 bits per heavy atom. The van der Waals surface area contributed by atoms with Gasteiger partial charge in [0.25, 0.3) is 5.69 Å². The van der Waals surface area contributed by atoms with Crippen molar-refractivity contribution >= 4 is 5.69 Å². The Morgan fingerprint density at radius 1 is 1.39 bits per heavy atom. The third kappa shape index (κ3) is 3.27. The first kappa shape index (κ1) is 13.0. The lowest BCUT2D eigenvalue weighted by molar-refractivity contribution is -0.384. The van der Waals surface area contributed by atoms with Crippen molar-refractivity contribution in [2.75, 3.05) is 7.11 Å². The highest BCUT2D eigenvalue weighted by Gasteiger charge is 2.23. The number of non-ortho nitro benzene ring substituents is 1. The first-order valence-electron chi connectivity index (χ1n) is 6.18. The number of benzene rings is 1. The Bertz CT molecular complexity index is 405. The van der Waals surface area contributed by atoms with E-state index in [0.717, 1.165) is 31.4 Å². The summed E-state index contributed by atoms with van der Waals surface area (Å²) in [5, 5.41) is 14.0. The second kappa shape index (κ2) is 5.93. The summed E-state index contributed by atoms with van der Waals surface area (Å²) >= 11 is 0. The van der Waals surface area contributed by atoms with Gasteiger partial charge < -0.3 is 10.1 Å². The molecule has 2 rings (SSSR count). The van der Waals surface area contributed by atoms with E-state index < -0.39 is 0 Å². The number of nitrogens with one attached hydrogen (secondary N) is 1. The number of hydrogen-bond donors (Lipinski definition) is 1. The highest BCUT2D eigenvalue weighted by molar-refractivity contribution is 5.32. The van der Waals surface area contributed by atoms with Gasteiger partial charge in [-0.2, -0.15) is 0 Å². The summed E-state index contributed by atoms with van der Waals surface area (Å²) in [6, 6.07) is 7.18. The molecule has 0 aliphatic heterocycles.